The van der Waals surface area contributed by atoms with Crippen LogP contribution in [0.2, 0.25) is 0 Å². The Morgan fingerprint density at radius 1 is 1.36 bits per heavy atom. The lowest BCUT2D eigenvalue weighted by Gasteiger charge is -2.14. The third kappa shape index (κ3) is 2.77. The van der Waals surface area contributed by atoms with E-state index in [1.165, 1.54) is 5.69 Å². The molecule has 0 unspecified atom stereocenters. The van der Waals surface area contributed by atoms with E-state index in [-0.39, 0.29) is 0 Å². The van der Waals surface area contributed by atoms with Crippen LogP contribution in [0.4, 0.5) is 0 Å². The maximum Gasteiger partial charge on any atom is 0.105 e. The summed E-state index contributed by atoms with van der Waals surface area (Å²) in [5, 5.41) is 0.686. The Kier molecular flexibility index (Phi) is 4.05. The Hall–Kier alpha value is -0.440. The van der Waals surface area contributed by atoms with Crippen molar-refractivity contribution in [1.29, 1.82) is 0 Å². The van der Waals surface area contributed by atoms with Crippen molar-refractivity contribution in [3.8, 4) is 0 Å². The molecule has 3 heteroatoms. The van der Waals surface area contributed by atoms with E-state index in [4.69, 9.17) is 0 Å². The van der Waals surface area contributed by atoms with Crippen LogP contribution in [0.1, 0.15) is 45.3 Å². The van der Waals surface area contributed by atoms with Gasteiger partial charge in [0.25, 0.3) is 0 Å². The van der Waals surface area contributed by atoms with Gasteiger partial charge >= 0.3 is 0 Å². The second-order valence-electron chi connectivity index (χ2n) is 4.12. The first-order valence-electron chi connectivity index (χ1n) is 5.16. The molecule has 1 heterocycles. The molecule has 0 aliphatic heterocycles. The Morgan fingerprint density at radius 3 is 2.50 bits per heavy atom. The highest BCUT2D eigenvalue weighted by Gasteiger charge is 2.09. The summed E-state index contributed by atoms with van der Waals surface area (Å²) in [6.45, 7) is 10.9. The zero-order valence-corrected chi connectivity index (χ0v) is 10.6. The lowest BCUT2D eigenvalue weighted by molar-refractivity contribution is 0.567. The Morgan fingerprint density at radius 2 is 2.00 bits per heavy atom. The zero-order chi connectivity index (χ0) is 10.7. The van der Waals surface area contributed by atoms with Gasteiger partial charge in [-0.3, -0.25) is 0 Å². The van der Waals surface area contributed by atoms with Crippen LogP contribution in [0.5, 0.6) is 0 Å². The van der Waals surface area contributed by atoms with E-state index in [1.807, 2.05) is 18.0 Å². The van der Waals surface area contributed by atoms with Crippen molar-refractivity contribution < 1.29 is 0 Å². The average molecular weight is 212 g/mol. The summed E-state index contributed by atoms with van der Waals surface area (Å²) in [5.74, 6) is 2.19. The molecule has 0 N–H and O–H groups in total. The van der Waals surface area contributed by atoms with Gasteiger partial charge in [0.05, 0.1) is 0 Å². The molecule has 80 valence electrons. The van der Waals surface area contributed by atoms with Crippen LogP contribution < -0.4 is 0 Å². The molecule has 0 aliphatic rings. The maximum absolute atomic E-state index is 4.37. The van der Waals surface area contributed by atoms with E-state index >= 15 is 0 Å². The molecular formula is C11H20N2S. The Bertz CT molecular complexity index is 289. The van der Waals surface area contributed by atoms with E-state index in [2.05, 4.69) is 44.2 Å². The molecule has 0 amide bonds. The van der Waals surface area contributed by atoms with Gasteiger partial charge in [0.2, 0.25) is 0 Å². The first-order valence-corrected chi connectivity index (χ1v) is 6.21. The minimum atomic E-state index is 0.514. The molecule has 0 saturated carbocycles. The molecule has 0 fully saturated rings. The summed E-state index contributed by atoms with van der Waals surface area (Å²) in [6.07, 6.45) is 2.00. The van der Waals surface area contributed by atoms with Gasteiger partial charge in [-0.1, -0.05) is 13.8 Å². The highest BCUT2D eigenvalue weighted by Crippen LogP contribution is 2.20. The molecule has 0 bridgehead atoms. The summed E-state index contributed by atoms with van der Waals surface area (Å²) >= 11 is 1.97. The van der Waals surface area contributed by atoms with E-state index < -0.39 is 0 Å². The van der Waals surface area contributed by atoms with Crippen molar-refractivity contribution in [3.05, 3.63) is 17.7 Å². The fourth-order valence-electron chi connectivity index (χ4n) is 1.56. The van der Waals surface area contributed by atoms with Crippen LogP contribution in [-0.2, 0) is 5.75 Å². The molecule has 14 heavy (non-hydrogen) atoms. The molecule has 0 aliphatic carbocycles. The van der Waals surface area contributed by atoms with Gasteiger partial charge in [-0.2, -0.15) is 11.8 Å². The molecule has 0 atom stereocenters. The number of hydrogen-bond donors (Lipinski definition) is 0. The summed E-state index contributed by atoms with van der Waals surface area (Å²) in [5.41, 5.74) is 1.34. The summed E-state index contributed by atoms with van der Waals surface area (Å²) in [7, 11) is 0. The minimum Gasteiger partial charge on any atom is -0.329 e. The molecule has 1 aromatic rings. The fraction of sp³-hybridized carbons (Fsp3) is 0.727. The molecule has 0 saturated heterocycles. The summed E-state index contributed by atoms with van der Waals surface area (Å²) < 4.78 is 2.31. The predicted octanol–water partition coefficient (Wildman–Crippen LogP) is 3.41. The van der Waals surface area contributed by atoms with E-state index in [0.29, 0.717) is 11.3 Å². The van der Waals surface area contributed by atoms with E-state index in [0.717, 1.165) is 11.6 Å². The summed E-state index contributed by atoms with van der Waals surface area (Å²) in [6, 6.07) is 0.514. The lowest BCUT2D eigenvalue weighted by Crippen LogP contribution is -2.07. The predicted molar refractivity (Wildman–Crippen MR) is 63.8 cm³/mol. The molecule has 2 nitrogen and oxygen atoms in total. The second kappa shape index (κ2) is 4.87. The first kappa shape index (κ1) is 11.6. The van der Waals surface area contributed by atoms with Gasteiger partial charge in [0.1, 0.15) is 5.82 Å². The number of thioether (sulfide) groups is 1. The van der Waals surface area contributed by atoms with Crippen molar-refractivity contribution in [2.45, 2.75) is 51.7 Å². The van der Waals surface area contributed by atoms with Crippen molar-refractivity contribution in [1.82, 2.24) is 9.55 Å². The summed E-state index contributed by atoms with van der Waals surface area (Å²) in [4.78, 5) is 4.37. The zero-order valence-electron chi connectivity index (χ0n) is 9.74. The normalized spacial score (nSPS) is 11.6. The monoisotopic (exact) mass is 212 g/mol. The average Bonchev–Trinajstić information content (AvgIpc) is 2.43. The van der Waals surface area contributed by atoms with Crippen LogP contribution in [-0.4, -0.2) is 14.8 Å². The van der Waals surface area contributed by atoms with Crippen molar-refractivity contribution in [2.75, 3.05) is 0 Å². The highest BCUT2D eigenvalue weighted by molar-refractivity contribution is 7.99. The largest absolute Gasteiger partial charge is 0.329 e. The van der Waals surface area contributed by atoms with Crippen molar-refractivity contribution in [2.24, 2.45) is 0 Å². The number of hydrogen-bond acceptors (Lipinski definition) is 2. The number of aromatic nitrogens is 2. The van der Waals surface area contributed by atoms with E-state index in [9.17, 15) is 0 Å². The van der Waals surface area contributed by atoms with Crippen LogP contribution in [0.25, 0.3) is 0 Å². The van der Waals surface area contributed by atoms with Crippen LogP contribution in [0.15, 0.2) is 6.20 Å². The quantitative estimate of drug-likeness (QED) is 0.761. The maximum atomic E-state index is 4.37. The number of nitrogens with zero attached hydrogens (tertiary/aromatic N) is 2. The van der Waals surface area contributed by atoms with Gasteiger partial charge < -0.3 is 4.57 Å². The Labute approximate surface area is 91.1 Å². The third-order valence-electron chi connectivity index (χ3n) is 2.14. The fourth-order valence-corrected chi connectivity index (χ4v) is 2.28. The van der Waals surface area contributed by atoms with Crippen molar-refractivity contribution >= 4 is 11.8 Å². The highest BCUT2D eigenvalue weighted by atomic mass is 32.2. The smallest absolute Gasteiger partial charge is 0.105 e. The molecule has 0 aromatic carbocycles. The minimum absolute atomic E-state index is 0.514. The van der Waals surface area contributed by atoms with Gasteiger partial charge in [0, 0.05) is 23.7 Å². The number of imidazole rings is 1. The standard InChI is InChI=1S/C11H20N2S/c1-8(2)13-10(5)12-6-11(13)7-14-9(3)4/h6,8-9H,7H2,1-5H3. The molecule has 0 spiro atoms. The van der Waals surface area contributed by atoms with Crippen LogP contribution >= 0.6 is 11.8 Å². The van der Waals surface area contributed by atoms with E-state index in [1.54, 1.807) is 0 Å². The van der Waals surface area contributed by atoms with Gasteiger partial charge in [-0.25, -0.2) is 4.98 Å². The number of rotatable bonds is 4. The van der Waals surface area contributed by atoms with Crippen LogP contribution in [0.3, 0.4) is 0 Å². The lowest BCUT2D eigenvalue weighted by atomic mass is 10.3. The first-order chi connectivity index (χ1) is 6.52. The third-order valence-corrected chi connectivity index (χ3v) is 3.27. The molecule has 1 rings (SSSR count). The molecule has 1 aromatic heterocycles. The van der Waals surface area contributed by atoms with Crippen molar-refractivity contribution in [3.63, 3.8) is 0 Å². The Balaban J connectivity index is 2.76. The molecule has 0 radical (unpaired) electrons. The van der Waals surface area contributed by atoms with Gasteiger partial charge in [0.15, 0.2) is 0 Å². The number of aryl methyl sites for hydroxylation is 1. The molecular weight excluding hydrogens is 192 g/mol. The van der Waals surface area contributed by atoms with Crippen LogP contribution in [0, 0.1) is 6.92 Å². The van der Waals surface area contributed by atoms with Gasteiger partial charge in [-0.15, -0.1) is 0 Å². The van der Waals surface area contributed by atoms with Gasteiger partial charge in [-0.05, 0) is 26.0 Å². The SMILES string of the molecule is Cc1ncc(CSC(C)C)n1C(C)C. The topological polar surface area (TPSA) is 17.8 Å². The second-order valence-corrected chi connectivity index (χ2v) is 5.69.